The maximum absolute atomic E-state index is 13.4. The molecule has 0 radical (unpaired) electrons. The fourth-order valence-electron chi connectivity index (χ4n) is 3.31. The van der Waals surface area contributed by atoms with Crippen LogP contribution in [-0.4, -0.2) is 37.6 Å². The summed E-state index contributed by atoms with van der Waals surface area (Å²) in [5, 5.41) is 5.28. The van der Waals surface area contributed by atoms with E-state index in [1.165, 1.54) is 4.88 Å². The molecule has 0 saturated heterocycles. The molecule has 0 atom stereocenters. The Morgan fingerprint density at radius 2 is 1.97 bits per heavy atom. The van der Waals surface area contributed by atoms with Gasteiger partial charge in [0.25, 0.3) is 5.91 Å². The van der Waals surface area contributed by atoms with Crippen LogP contribution >= 0.6 is 11.3 Å². The normalized spacial score (nSPS) is 11.3. The highest BCUT2D eigenvalue weighted by Crippen LogP contribution is 2.31. The maximum Gasteiger partial charge on any atom is 0.254 e. The molecule has 0 N–H and O–H groups in total. The van der Waals surface area contributed by atoms with Gasteiger partial charge in [-0.3, -0.25) is 9.78 Å². The Hall–Kier alpha value is -3.06. The molecule has 29 heavy (non-hydrogen) atoms. The molecule has 0 saturated carbocycles. The van der Waals surface area contributed by atoms with Gasteiger partial charge in [0, 0.05) is 36.9 Å². The van der Waals surface area contributed by atoms with Crippen LogP contribution in [0.1, 0.15) is 40.7 Å². The third-order valence-electron chi connectivity index (χ3n) is 4.79. The predicted molar refractivity (Wildman–Crippen MR) is 116 cm³/mol. The van der Waals surface area contributed by atoms with Crippen LogP contribution in [0.2, 0.25) is 0 Å². The number of pyridine rings is 2. The fourth-order valence-corrected chi connectivity index (χ4v) is 4.14. The van der Waals surface area contributed by atoms with E-state index in [1.807, 2.05) is 29.9 Å². The molecule has 148 valence electrons. The minimum absolute atomic E-state index is 0.0490. The summed E-state index contributed by atoms with van der Waals surface area (Å²) >= 11 is 1.67. The minimum Gasteiger partial charge on any atom is -0.337 e. The van der Waals surface area contributed by atoms with Gasteiger partial charge in [-0.2, -0.15) is 5.10 Å². The van der Waals surface area contributed by atoms with Gasteiger partial charge in [0.2, 0.25) is 0 Å². The first-order valence-electron chi connectivity index (χ1n) is 9.53. The Kier molecular flexibility index (Phi) is 5.15. The van der Waals surface area contributed by atoms with Crippen molar-refractivity contribution in [2.45, 2.75) is 33.4 Å². The Morgan fingerprint density at radius 1 is 1.21 bits per heavy atom. The number of aryl methyl sites for hydroxylation is 1. The lowest BCUT2D eigenvalue weighted by atomic mass is 10.1. The summed E-state index contributed by atoms with van der Waals surface area (Å²) in [4.78, 5) is 26.3. The topological polar surface area (TPSA) is 63.9 Å². The van der Waals surface area contributed by atoms with Crippen LogP contribution in [0, 0.1) is 6.92 Å². The van der Waals surface area contributed by atoms with Gasteiger partial charge in [0.15, 0.2) is 5.65 Å². The molecule has 0 aliphatic carbocycles. The van der Waals surface area contributed by atoms with E-state index in [9.17, 15) is 4.79 Å². The Bertz CT molecular complexity index is 1160. The van der Waals surface area contributed by atoms with Gasteiger partial charge in [-0.1, -0.05) is 0 Å². The van der Waals surface area contributed by atoms with Crippen molar-refractivity contribution < 1.29 is 4.79 Å². The first-order chi connectivity index (χ1) is 13.9. The largest absolute Gasteiger partial charge is 0.337 e. The molecule has 1 amide bonds. The van der Waals surface area contributed by atoms with Crippen molar-refractivity contribution in [1.29, 1.82) is 0 Å². The van der Waals surface area contributed by atoms with E-state index in [0.717, 1.165) is 27.2 Å². The minimum atomic E-state index is -0.0490. The summed E-state index contributed by atoms with van der Waals surface area (Å²) in [6.45, 7) is 6.71. The molecule has 0 fully saturated rings. The highest BCUT2D eigenvalue weighted by atomic mass is 32.1. The van der Waals surface area contributed by atoms with Crippen LogP contribution in [0.4, 0.5) is 0 Å². The second-order valence-corrected chi connectivity index (χ2v) is 8.69. The van der Waals surface area contributed by atoms with Gasteiger partial charge in [-0.25, -0.2) is 9.67 Å². The van der Waals surface area contributed by atoms with Crippen LogP contribution in [-0.2, 0) is 6.54 Å². The summed E-state index contributed by atoms with van der Waals surface area (Å²) in [7, 11) is 1.82. The molecule has 0 unspecified atom stereocenters. The van der Waals surface area contributed by atoms with Crippen LogP contribution in [0.5, 0.6) is 0 Å². The van der Waals surface area contributed by atoms with Crippen molar-refractivity contribution in [3.8, 4) is 10.6 Å². The second kappa shape index (κ2) is 7.75. The summed E-state index contributed by atoms with van der Waals surface area (Å²) in [6.07, 6.45) is 5.23. The average Bonchev–Trinajstić information content (AvgIpc) is 3.33. The first-order valence-corrected chi connectivity index (χ1v) is 10.3. The lowest BCUT2D eigenvalue weighted by molar-refractivity contribution is 0.0787. The van der Waals surface area contributed by atoms with E-state index in [0.29, 0.717) is 12.1 Å². The summed E-state index contributed by atoms with van der Waals surface area (Å²) in [5.74, 6) is -0.0490. The molecule has 7 heteroatoms. The number of aromatic nitrogens is 4. The van der Waals surface area contributed by atoms with E-state index < -0.39 is 0 Å². The summed E-state index contributed by atoms with van der Waals surface area (Å²) in [5.41, 5.74) is 3.20. The molecule has 4 heterocycles. The van der Waals surface area contributed by atoms with Gasteiger partial charge in [-0.05, 0) is 56.7 Å². The van der Waals surface area contributed by atoms with Crippen LogP contribution in [0.3, 0.4) is 0 Å². The molecule has 0 aliphatic rings. The number of thiophene rings is 1. The van der Waals surface area contributed by atoms with Gasteiger partial charge in [-0.15, -0.1) is 11.3 Å². The molecule has 6 nitrogen and oxygen atoms in total. The molecule has 0 aromatic carbocycles. The van der Waals surface area contributed by atoms with Gasteiger partial charge in [0.05, 0.1) is 27.7 Å². The SMILES string of the molecule is Cc1ccc(-c2cc(C(=O)N(C)Cc3ccncc3)c3cnn(C(C)C)c3n2)s1. The highest BCUT2D eigenvalue weighted by Gasteiger charge is 2.21. The third kappa shape index (κ3) is 3.78. The molecule has 4 aromatic heterocycles. The molecule has 4 rings (SSSR count). The molecule has 0 bridgehead atoms. The summed E-state index contributed by atoms with van der Waals surface area (Å²) in [6, 6.07) is 10.0. The number of hydrogen-bond donors (Lipinski definition) is 0. The van der Waals surface area contributed by atoms with Crippen molar-refractivity contribution in [2.24, 2.45) is 0 Å². The Balaban J connectivity index is 1.80. The molecule has 0 aliphatic heterocycles. The fraction of sp³-hybridized carbons (Fsp3) is 0.273. The lowest BCUT2D eigenvalue weighted by Crippen LogP contribution is -2.26. The van der Waals surface area contributed by atoms with E-state index in [4.69, 9.17) is 4.98 Å². The monoisotopic (exact) mass is 405 g/mol. The van der Waals surface area contributed by atoms with E-state index >= 15 is 0 Å². The molecular weight excluding hydrogens is 382 g/mol. The van der Waals surface area contributed by atoms with E-state index in [1.54, 1.807) is 34.8 Å². The molecular formula is C22H23N5OS. The number of carbonyl (C=O) groups is 1. The predicted octanol–water partition coefficient (Wildman–Crippen LogP) is 4.72. The van der Waals surface area contributed by atoms with Crippen molar-refractivity contribution >= 4 is 28.3 Å². The molecule has 0 spiro atoms. The number of fused-ring (bicyclic) bond motifs is 1. The zero-order valence-corrected chi connectivity index (χ0v) is 17.8. The first kappa shape index (κ1) is 19.3. The van der Waals surface area contributed by atoms with Crippen molar-refractivity contribution in [2.75, 3.05) is 7.05 Å². The Labute approximate surface area is 173 Å². The second-order valence-electron chi connectivity index (χ2n) is 7.40. The third-order valence-corrected chi connectivity index (χ3v) is 5.82. The van der Waals surface area contributed by atoms with Crippen LogP contribution < -0.4 is 0 Å². The van der Waals surface area contributed by atoms with Gasteiger partial charge >= 0.3 is 0 Å². The van der Waals surface area contributed by atoms with Crippen molar-refractivity contribution in [1.82, 2.24) is 24.6 Å². The number of hydrogen-bond acceptors (Lipinski definition) is 5. The van der Waals surface area contributed by atoms with E-state index in [2.05, 4.69) is 43.0 Å². The summed E-state index contributed by atoms with van der Waals surface area (Å²) < 4.78 is 1.87. The lowest BCUT2D eigenvalue weighted by Gasteiger charge is -2.18. The number of nitrogens with zero attached hydrogens (tertiary/aromatic N) is 5. The number of amides is 1. The highest BCUT2D eigenvalue weighted by molar-refractivity contribution is 7.15. The van der Waals surface area contributed by atoms with E-state index in [-0.39, 0.29) is 11.9 Å². The average molecular weight is 406 g/mol. The molecule has 4 aromatic rings. The zero-order chi connectivity index (χ0) is 20.5. The van der Waals surface area contributed by atoms with Gasteiger partial charge in [0.1, 0.15) is 0 Å². The zero-order valence-electron chi connectivity index (χ0n) is 17.0. The smallest absolute Gasteiger partial charge is 0.254 e. The van der Waals surface area contributed by atoms with Gasteiger partial charge < -0.3 is 4.90 Å². The van der Waals surface area contributed by atoms with Crippen LogP contribution in [0.25, 0.3) is 21.6 Å². The quantitative estimate of drug-likeness (QED) is 0.482. The van der Waals surface area contributed by atoms with Crippen LogP contribution in [0.15, 0.2) is 48.9 Å². The van der Waals surface area contributed by atoms with Crippen molar-refractivity contribution in [3.63, 3.8) is 0 Å². The maximum atomic E-state index is 13.4. The number of rotatable bonds is 5. The van der Waals surface area contributed by atoms with Crippen molar-refractivity contribution in [3.05, 3.63) is 64.9 Å². The Morgan fingerprint density at radius 3 is 2.62 bits per heavy atom. The standard InChI is InChI=1S/C22H23N5OS/c1-14(2)27-21-18(12-24-27)17(11-19(25-21)20-6-5-15(3)29-20)22(28)26(4)13-16-7-9-23-10-8-16/h5-12,14H,13H2,1-4H3. The number of carbonyl (C=O) groups excluding carboxylic acids is 1.